The third-order valence-electron chi connectivity index (χ3n) is 2.01. The molecule has 1 nitrogen and oxygen atoms in total. The molecule has 0 atom stereocenters. The van der Waals surface area contributed by atoms with Crippen LogP contribution in [-0.4, -0.2) is 25.0 Å². The lowest BCUT2D eigenvalue weighted by atomic mass is 10.00. The Kier molecular flexibility index (Phi) is 12.6. The maximum atomic E-state index is 2.40. The number of rotatable bonds is 0. The highest BCUT2D eigenvalue weighted by Crippen LogP contribution is 2.13. The molecule has 72 valence electrons. The molecule has 1 heterocycles. The van der Waals surface area contributed by atoms with Gasteiger partial charge in [-0.25, -0.2) is 0 Å². The summed E-state index contributed by atoms with van der Waals surface area (Å²) in [5, 5.41) is 0. The van der Waals surface area contributed by atoms with Crippen molar-refractivity contribution in [3.63, 3.8) is 0 Å². The third-order valence-corrected chi connectivity index (χ3v) is 2.01. The van der Waals surface area contributed by atoms with E-state index in [4.69, 9.17) is 0 Å². The molecule has 0 aliphatic carbocycles. The van der Waals surface area contributed by atoms with Crippen LogP contribution >= 0.6 is 0 Å². The SMILES string of the molecule is C.C.C.CC1CCN(C)CC1. The lowest BCUT2D eigenvalue weighted by Crippen LogP contribution is -2.28. The van der Waals surface area contributed by atoms with Gasteiger partial charge in [-0.15, -0.1) is 0 Å². The largest absolute Gasteiger partial charge is 0.306 e. The predicted molar refractivity (Wildman–Crippen MR) is 56.1 cm³/mol. The number of hydrogen-bond donors (Lipinski definition) is 0. The maximum absolute atomic E-state index is 2.40. The Morgan fingerprint density at radius 1 is 1.00 bits per heavy atom. The van der Waals surface area contributed by atoms with Crippen LogP contribution < -0.4 is 0 Å². The van der Waals surface area contributed by atoms with E-state index in [-0.39, 0.29) is 22.3 Å². The normalized spacial score (nSPS) is 19.1. The van der Waals surface area contributed by atoms with Crippen LogP contribution in [0.15, 0.2) is 0 Å². The van der Waals surface area contributed by atoms with Crippen LogP contribution in [0.3, 0.4) is 0 Å². The molecule has 1 saturated heterocycles. The highest BCUT2D eigenvalue weighted by atomic mass is 15.1. The van der Waals surface area contributed by atoms with Crippen molar-refractivity contribution in [3.8, 4) is 0 Å². The summed E-state index contributed by atoms with van der Waals surface area (Å²) >= 11 is 0. The molecule has 1 fully saturated rings. The minimum atomic E-state index is 0. The molecule has 0 aromatic rings. The fourth-order valence-corrected chi connectivity index (χ4v) is 1.14. The minimum Gasteiger partial charge on any atom is -0.306 e. The van der Waals surface area contributed by atoms with E-state index in [1.54, 1.807) is 0 Å². The summed E-state index contributed by atoms with van der Waals surface area (Å²) in [6, 6.07) is 0. The molecule has 0 spiro atoms. The number of likely N-dealkylation sites (tertiary alicyclic amines) is 1. The molecule has 0 saturated carbocycles. The van der Waals surface area contributed by atoms with Gasteiger partial charge in [0.25, 0.3) is 0 Å². The second-order valence-corrected chi connectivity index (χ2v) is 2.99. The summed E-state index contributed by atoms with van der Waals surface area (Å²) in [4.78, 5) is 2.40. The first-order chi connectivity index (χ1) is 3.79. The zero-order valence-electron chi connectivity index (χ0n) is 5.85. The molecule has 0 unspecified atom stereocenters. The number of piperidine rings is 1. The summed E-state index contributed by atoms with van der Waals surface area (Å²) in [6.07, 6.45) is 2.80. The molecule has 0 amide bonds. The van der Waals surface area contributed by atoms with E-state index in [1.807, 2.05) is 0 Å². The van der Waals surface area contributed by atoms with Crippen molar-refractivity contribution in [2.24, 2.45) is 5.92 Å². The van der Waals surface area contributed by atoms with E-state index >= 15 is 0 Å². The quantitative estimate of drug-likeness (QED) is 0.527. The van der Waals surface area contributed by atoms with Crippen LogP contribution in [-0.2, 0) is 0 Å². The molecule has 11 heavy (non-hydrogen) atoms. The van der Waals surface area contributed by atoms with E-state index in [9.17, 15) is 0 Å². The van der Waals surface area contributed by atoms with Gasteiger partial charge in [-0.05, 0) is 38.9 Å². The molecule has 0 bridgehead atoms. The summed E-state index contributed by atoms with van der Waals surface area (Å²) < 4.78 is 0. The monoisotopic (exact) mass is 161 g/mol. The van der Waals surface area contributed by atoms with E-state index in [2.05, 4.69) is 18.9 Å². The van der Waals surface area contributed by atoms with Crippen molar-refractivity contribution in [2.75, 3.05) is 20.1 Å². The van der Waals surface area contributed by atoms with Crippen molar-refractivity contribution < 1.29 is 0 Å². The molecular weight excluding hydrogens is 134 g/mol. The highest BCUT2D eigenvalue weighted by molar-refractivity contribution is 4.65. The molecular formula is C10H27N. The van der Waals surface area contributed by atoms with Crippen LogP contribution in [0.2, 0.25) is 0 Å². The molecule has 1 heteroatoms. The molecule has 0 radical (unpaired) electrons. The zero-order chi connectivity index (χ0) is 5.98. The average Bonchev–Trinajstić information content (AvgIpc) is 1.77. The number of nitrogens with zero attached hydrogens (tertiary/aromatic N) is 1. The first-order valence-electron chi connectivity index (χ1n) is 3.47. The van der Waals surface area contributed by atoms with Gasteiger partial charge in [-0.1, -0.05) is 29.2 Å². The Bertz CT molecular complexity index is 53.3. The summed E-state index contributed by atoms with van der Waals surface area (Å²) in [5.41, 5.74) is 0. The lowest BCUT2D eigenvalue weighted by Gasteiger charge is -2.26. The molecule has 0 aromatic carbocycles. The topological polar surface area (TPSA) is 3.24 Å². The fraction of sp³-hybridized carbons (Fsp3) is 1.00. The maximum Gasteiger partial charge on any atom is -0.00192 e. The van der Waals surface area contributed by atoms with Gasteiger partial charge in [0.05, 0.1) is 0 Å². The summed E-state index contributed by atoms with van der Waals surface area (Å²) in [7, 11) is 2.20. The van der Waals surface area contributed by atoms with E-state index in [1.165, 1.54) is 25.9 Å². The Hall–Kier alpha value is -0.0400. The van der Waals surface area contributed by atoms with Crippen molar-refractivity contribution in [1.29, 1.82) is 0 Å². The lowest BCUT2D eigenvalue weighted by molar-refractivity contribution is 0.230. The van der Waals surface area contributed by atoms with Crippen LogP contribution in [0.5, 0.6) is 0 Å². The first kappa shape index (κ1) is 17.2. The molecule has 1 rings (SSSR count). The molecule has 0 N–H and O–H groups in total. The fourth-order valence-electron chi connectivity index (χ4n) is 1.14. The molecule has 0 aromatic heterocycles. The van der Waals surface area contributed by atoms with Gasteiger partial charge in [0.2, 0.25) is 0 Å². The van der Waals surface area contributed by atoms with Crippen LogP contribution in [0.25, 0.3) is 0 Å². The van der Waals surface area contributed by atoms with Crippen molar-refractivity contribution in [1.82, 2.24) is 4.90 Å². The van der Waals surface area contributed by atoms with E-state index in [0.29, 0.717) is 0 Å². The van der Waals surface area contributed by atoms with Crippen LogP contribution in [0.1, 0.15) is 42.0 Å². The minimum absolute atomic E-state index is 0. The van der Waals surface area contributed by atoms with Gasteiger partial charge in [0.15, 0.2) is 0 Å². The Labute approximate surface area is 73.8 Å². The molecule has 1 aliphatic rings. The number of hydrogen-bond acceptors (Lipinski definition) is 1. The zero-order valence-corrected chi connectivity index (χ0v) is 5.85. The third kappa shape index (κ3) is 6.36. The summed E-state index contributed by atoms with van der Waals surface area (Å²) in [5.74, 6) is 0.978. The van der Waals surface area contributed by atoms with Crippen LogP contribution in [0, 0.1) is 5.92 Å². The first-order valence-corrected chi connectivity index (χ1v) is 3.47. The van der Waals surface area contributed by atoms with E-state index < -0.39 is 0 Å². The Balaban J connectivity index is -0.000000213. The summed E-state index contributed by atoms with van der Waals surface area (Å²) in [6.45, 7) is 4.95. The van der Waals surface area contributed by atoms with Crippen molar-refractivity contribution >= 4 is 0 Å². The Morgan fingerprint density at radius 3 is 1.64 bits per heavy atom. The van der Waals surface area contributed by atoms with Gasteiger partial charge in [-0.3, -0.25) is 0 Å². The van der Waals surface area contributed by atoms with Gasteiger partial charge in [-0.2, -0.15) is 0 Å². The van der Waals surface area contributed by atoms with Gasteiger partial charge in [0, 0.05) is 0 Å². The van der Waals surface area contributed by atoms with Crippen LogP contribution in [0.4, 0.5) is 0 Å². The van der Waals surface area contributed by atoms with Gasteiger partial charge >= 0.3 is 0 Å². The highest BCUT2D eigenvalue weighted by Gasteiger charge is 2.10. The average molecular weight is 161 g/mol. The Morgan fingerprint density at radius 2 is 1.36 bits per heavy atom. The van der Waals surface area contributed by atoms with Crippen molar-refractivity contribution in [2.45, 2.75) is 42.0 Å². The smallest absolute Gasteiger partial charge is 0.00192 e. The second-order valence-electron chi connectivity index (χ2n) is 2.99. The standard InChI is InChI=1S/C7H15N.3CH4/c1-7-3-5-8(2)6-4-7;;;/h7H,3-6H2,1-2H3;3*1H4. The van der Waals surface area contributed by atoms with E-state index in [0.717, 1.165) is 5.92 Å². The molecule has 1 aliphatic heterocycles. The second kappa shape index (κ2) is 8.06. The van der Waals surface area contributed by atoms with Gasteiger partial charge in [0.1, 0.15) is 0 Å². The van der Waals surface area contributed by atoms with Crippen molar-refractivity contribution in [3.05, 3.63) is 0 Å². The predicted octanol–water partition coefficient (Wildman–Crippen LogP) is 3.26. The van der Waals surface area contributed by atoms with Gasteiger partial charge < -0.3 is 4.90 Å².